The summed E-state index contributed by atoms with van der Waals surface area (Å²) in [6, 6.07) is -0.821. The van der Waals surface area contributed by atoms with Crippen molar-refractivity contribution in [3.05, 3.63) is 85.1 Å². The second-order valence-corrected chi connectivity index (χ2v) is 21.1. The first-order valence-electron chi connectivity index (χ1n) is 30.8. The number of carbonyl (C=O) groups is 1. The minimum absolute atomic E-state index is 0.187. The van der Waals surface area contributed by atoms with Crippen LogP contribution in [0.4, 0.5) is 0 Å². The molecule has 1 saturated heterocycles. The molecule has 0 aromatic rings. The normalized spacial score (nSPS) is 19.6. The highest BCUT2D eigenvalue weighted by Crippen LogP contribution is 2.23. The first kappa shape index (κ1) is 69.4. The van der Waals surface area contributed by atoms with Crippen molar-refractivity contribution in [2.75, 3.05) is 13.2 Å². The zero-order valence-electron chi connectivity index (χ0n) is 47.6. The molecule has 0 bridgehead atoms. The molecule has 0 saturated carbocycles. The average Bonchev–Trinajstić information content (AvgIpc) is 3.40. The lowest BCUT2D eigenvalue weighted by atomic mass is 9.99. The Kier molecular flexibility index (Phi) is 50.4. The summed E-state index contributed by atoms with van der Waals surface area (Å²) in [4.78, 5) is 13.0. The molecule has 6 N–H and O–H groups in total. The van der Waals surface area contributed by atoms with Crippen molar-refractivity contribution in [2.24, 2.45) is 0 Å². The lowest BCUT2D eigenvalue weighted by Gasteiger charge is -2.40. The highest BCUT2D eigenvalue weighted by Gasteiger charge is 2.44. The standard InChI is InChI=1S/C65H115NO8/c1-3-5-7-9-11-13-15-16-17-18-19-20-21-22-23-24-25-26-27-28-29-30-31-32-33-34-35-36-37-38-39-40-41-42-43-44-45-47-49-51-53-55-61(69)66-58(57-73-65-64(72)63(71)62(70)60(56-67)74-65)59(68)54-52-50-48-46-14-12-10-8-6-4-2/h5,7,11,13-14,16-17,19-20,22-23,46,52,54,58-60,62-65,67-68,70-72H,3-4,6,8-10,12,15,18,21,24-45,47-51,53,55-57H2,1-2H3,(H,66,69)/b7-5-,13-11-,17-16-,20-19-,23-22-,46-14+,54-52+. The number of allylic oxidation sites excluding steroid dienone is 13. The van der Waals surface area contributed by atoms with Crippen LogP contribution in [0.25, 0.3) is 0 Å². The molecule has 0 aliphatic carbocycles. The molecule has 1 aliphatic heterocycles. The van der Waals surface area contributed by atoms with Crippen molar-refractivity contribution in [2.45, 2.75) is 307 Å². The Morgan fingerprint density at radius 1 is 0.473 bits per heavy atom. The van der Waals surface area contributed by atoms with Gasteiger partial charge < -0.3 is 40.3 Å². The van der Waals surface area contributed by atoms with Crippen LogP contribution in [-0.4, -0.2) is 87.5 Å². The maximum atomic E-state index is 13.0. The van der Waals surface area contributed by atoms with Crippen LogP contribution in [0.2, 0.25) is 0 Å². The van der Waals surface area contributed by atoms with Crippen molar-refractivity contribution in [3.8, 4) is 0 Å². The van der Waals surface area contributed by atoms with Crippen molar-refractivity contribution in [3.63, 3.8) is 0 Å². The molecule has 0 aromatic carbocycles. The Hall–Kier alpha value is -2.63. The molecule has 0 radical (unpaired) electrons. The van der Waals surface area contributed by atoms with E-state index in [1.165, 1.54) is 173 Å². The van der Waals surface area contributed by atoms with E-state index in [2.05, 4.69) is 92.1 Å². The summed E-state index contributed by atoms with van der Waals surface area (Å²) in [6.07, 6.45) is 69.9. The number of aliphatic hydroxyl groups is 5. The molecule has 9 heteroatoms. The lowest BCUT2D eigenvalue weighted by Crippen LogP contribution is -2.60. The first-order chi connectivity index (χ1) is 36.3. The number of hydrogen-bond acceptors (Lipinski definition) is 8. The number of rotatable bonds is 52. The number of aliphatic hydroxyl groups excluding tert-OH is 5. The van der Waals surface area contributed by atoms with Crippen molar-refractivity contribution >= 4 is 5.91 Å². The molecule has 1 heterocycles. The summed E-state index contributed by atoms with van der Waals surface area (Å²) in [5.41, 5.74) is 0. The minimum atomic E-state index is -1.57. The van der Waals surface area contributed by atoms with Crippen LogP contribution in [-0.2, 0) is 14.3 Å². The van der Waals surface area contributed by atoms with Gasteiger partial charge in [0.15, 0.2) is 6.29 Å². The zero-order chi connectivity index (χ0) is 53.6. The van der Waals surface area contributed by atoms with E-state index in [0.717, 1.165) is 70.6 Å². The van der Waals surface area contributed by atoms with Gasteiger partial charge in [0.05, 0.1) is 25.4 Å². The Bertz CT molecular complexity index is 1440. The fourth-order valence-corrected chi connectivity index (χ4v) is 9.38. The third kappa shape index (κ3) is 42.5. The van der Waals surface area contributed by atoms with Crippen molar-refractivity contribution < 1.29 is 39.8 Å². The summed E-state index contributed by atoms with van der Waals surface area (Å²) in [7, 11) is 0. The van der Waals surface area contributed by atoms with Crippen LogP contribution in [0, 0.1) is 0 Å². The van der Waals surface area contributed by atoms with Gasteiger partial charge in [-0.15, -0.1) is 0 Å². The fraction of sp³-hybridized carbons (Fsp3) is 0.769. The summed E-state index contributed by atoms with van der Waals surface area (Å²) >= 11 is 0. The van der Waals surface area contributed by atoms with Gasteiger partial charge in [0.2, 0.25) is 5.91 Å². The molecule has 0 aromatic heterocycles. The van der Waals surface area contributed by atoms with E-state index in [0.29, 0.717) is 6.42 Å². The third-order valence-corrected chi connectivity index (χ3v) is 14.2. The molecule has 7 atom stereocenters. The van der Waals surface area contributed by atoms with Gasteiger partial charge in [0, 0.05) is 6.42 Å². The second-order valence-electron chi connectivity index (χ2n) is 21.1. The van der Waals surface area contributed by atoms with E-state index in [1.54, 1.807) is 6.08 Å². The fourth-order valence-electron chi connectivity index (χ4n) is 9.38. The predicted octanol–water partition coefficient (Wildman–Crippen LogP) is 15.8. The molecule has 74 heavy (non-hydrogen) atoms. The third-order valence-electron chi connectivity index (χ3n) is 14.2. The van der Waals surface area contributed by atoms with Crippen LogP contribution in [0.5, 0.6) is 0 Å². The van der Waals surface area contributed by atoms with Crippen LogP contribution >= 0.6 is 0 Å². The Morgan fingerprint density at radius 2 is 0.851 bits per heavy atom. The monoisotopic (exact) mass is 1040 g/mol. The van der Waals surface area contributed by atoms with E-state index < -0.39 is 49.5 Å². The predicted molar refractivity (Wildman–Crippen MR) is 313 cm³/mol. The van der Waals surface area contributed by atoms with Gasteiger partial charge in [-0.3, -0.25) is 4.79 Å². The Balaban J connectivity index is 2.00. The minimum Gasteiger partial charge on any atom is -0.394 e. The van der Waals surface area contributed by atoms with Crippen molar-refractivity contribution in [1.82, 2.24) is 5.32 Å². The van der Waals surface area contributed by atoms with E-state index in [1.807, 2.05) is 6.08 Å². The summed E-state index contributed by atoms with van der Waals surface area (Å²) < 4.78 is 11.2. The van der Waals surface area contributed by atoms with Crippen molar-refractivity contribution in [1.29, 1.82) is 0 Å². The van der Waals surface area contributed by atoms with Crippen LogP contribution in [0.3, 0.4) is 0 Å². The van der Waals surface area contributed by atoms with Gasteiger partial charge >= 0.3 is 0 Å². The zero-order valence-corrected chi connectivity index (χ0v) is 47.6. The van der Waals surface area contributed by atoms with Crippen LogP contribution in [0.15, 0.2) is 85.1 Å². The average molecular weight is 1040 g/mol. The quantitative estimate of drug-likeness (QED) is 0.0261. The SMILES string of the molecule is CC/C=C\C/C=C\C/C=C\C/C=C\C/C=C\CCCCCCCCCCCCCCCCCCCCCCCCCCCC(=O)NC(COC1OC(CO)C(O)C(O)C1O)C(O)/C=C/CC/C=C/CCCCCC. The van der Waals surface area contributed by atoms with E-state index >= 15 is 0 Å². The van der Waals surface area contributed by atoms with Gasteiger partial charge in [-0.2, -0.15) is 0 Å². The van der Waals surface area contributed by atoms with Crippen LogP contribution < -0.4 is 5.32 Å². The van der Waals surface area contributed by atoms with Gasteiger partial charge in [0.1, 0.15) is 24.4 Å². The van der Waals surface area contributed by atoms with Gasteiger partial charge in [-0.1, -0.05) is 266 Å². The van der Waals surface area contributed by atoms with E-state index in [4.69, 9.17) is 9.47 Å². The maximum absolute atomic E-state index is 13.0. The van der Waals surface area contributed by atoms with Gasteiger partial charge in [-0.25, -0.2) is 0 Å². The molecular weight excluding hydrogens is 923 g/mol. The number of hydrogen-bond donors (Lipinski definition) is 6. The molecule has 9 nitrogen and oxygen atoms in total. The summed E-state index contributed by atoms with van der Waals surface area (Å²) in [6.45, 7) is 3.61. The Morgan fingerprint density at radius 3 is 1.30 bits per heavy atom. The van der Waals surface area contributed by atoms with E-state index in [9.17, 15) is 30.3 Å². The van der Waals surface area contributed by atoms with E-state index in [-0.39, 0.29) is 12.5 Å². The lowest BCUT2D eigenvalue weighted by molar-refractivity contribution is -0.302. The molecule has 0 spiro atoms. The first-order valence-corrected chi connectivity index (χ1v) is 30.8. The Labute approximate surface area is 454 Å². The molecule has 7 unspecified atom stereocenters. The number of unbranched alkanes of at least 4 members (excludes halogenated alkanes) is 30. The number of carbonyl (C=O) groups excluding carboxylic acids is 1. The number of nitrogens with one attached hydrogen (secondary N) is 1. The topological polar surface area (TPSA) is 149 Å². The van der Waals surface area contributed by atoms with Crippen LogP contribution in [0.1, 0.15) is 264 Å². The molecule has 1 fully saturated rings. The molecular formula is C65H115NO8. The summed E-state index contributed by atoms with van der Waals surface area (Å²) in [5.74, 6) is -0.187. The molecule has 428 valence electrons. The second kappa shape index (κ2) is 53.8. The summed E-state index contributed by atoms with van der Waals surface area (Å²) in [5, 5.41) is 54.3. The highest BCUT2D eigenvalue weighted by molar-refractivity contribution is 5.76. The number of amides is 1. The van der Waals surface area contributed by atoms with Gasteiger partial charge in [0.25, 0.3) is 0 Å². The number of ether oxygens (including phenoxy) is 2. The highest BCUT2D eigenvalue weighted by atomic mass is 16.7. The van der Waals surface area contributed by atoms with Gasteiger partial charge in [-0.05, 0) is 77.0 Å². The molecule has 1 aliphatic rings. The maximum Gasteiger partial charge on any atom is 0.220 e. The molecule has 1 amide bonds. The largest absolute Gasteiger partial charge is 0.394 e. The smallest absolute Gasteiger partial charge is 0.220 e. The molecule has 1 rings (SSSR count).